The lowest BCUT2D eigenvalue weighted by molar-refractivity contribution is -0.153. The van der Waals surface area contributed by atoms with Gasteiger partial charge in [-0.15, -0.1) is 0 Å². The van der Waals surface area contributed by atoms with Gasteiger partial charge in [0.2, 0.25) is 5.95 Å². The summed E-state index contributed by atoms with van der Waals surface area (Å²) in [4.78, 5) is 64.8. The van der Waals surface area contributed by atoms with Crippen LogP contribution in [0.5, 0.6) is 0 Å². The van der Waals surface area contributed by atoms with Crippen LogP contribution >= 0.6 is 0 Å². The Morgan fingerprint density at radius 1 is 1.05 bits per heavy atom. The quantitative estimate of drug-likeness (QED) is 0.179. The van der Waals surface area contributed by atoms with Crippen LogP contribution in [0.4, 0.5) is 16.6 Å². The Kier molecular flexibility index (Phi) is 12.3. The van der Waals surface area contributed by atoms with E-state index in [0.29, 0.717) is 40.8 Å². The molecule has 15 nitrogen and oxygen atoms in total. The van der Waals surface area contributed by atoms with Crippen LogP contribution in [0.15, 0.2) is 6.33 Å². The first kappa shape index (κ1) is 32.5. The Balaban J connectivity index is 1.61. The highest BCUT2D eigenvalue weighted by Gasteiger charge is 2.34. The number of imidazole rings is 1. The average Bonchev–Trinajstić information content (AvgIpc) is 3.68. The van der Waals surface area contributed by atoms with E-state index < -0.39 is 42.6 Å². The summed E-state index contributed by atoms with van der Waals surface area (Å²) >= 11 is 0. The number of esters is 2. The largest absolute Gasteiger partial charge is 0.464 e. The minimum Gasteiger partial charge on any atom is -0.464 e. The number of unbranched alkanes of at least 4 members (excludes halogenated alkanes) is 2. The topological polar surface area (TPSA) is 193 Å². The number of ether oxygens (including phenoxy) is 3. The van der Waals surface area contributed by atoms with Crippen molar-refractivity contribution in [2.75, 3.05) is 37.5 Å². The van der Waals surface area contributed by atoms with Crippen molar-refractivity contribution in [3.63, 3.8) is 0 Å². The Morgan fingerprint density at radius 3 is 2.36 bits per heavy atom. The van der Waals surface area contributed by atoms with Crippen molar-refractivity contribution >= 4 is 46.8 Å². The normalized spacial score (nSPS) is 14.2. The number of nitrogens with zero attached hydrogens (tertiary/aromatic N) is 5. The van der Waals surface area contributed by atoms with Crippen LogP contribution in [-0.2, 0) is 35.1 Å². The van der Waals surface area contributed by atoms with Gasteiger partial charge in [0.25, 0.3) is 5.91 Å². The van der Waals surface area contributed by atoms with E-state index in [2.05, 4.69) is 25.6 Å². The molecule has 4 N–H and O–H groups in total. The second-order valence-corrected chi connectivity index (χ2v) is 10.2. The zero-order valence-corrected chi connectivity index (χ0v) is 24.8. The van der Waals surface area contributed by atoms with E-state index in [0.717, 1.165) is 25.7 Å². The van der Waals surface area contributed by atoms with Crippen molar-refractivity contribution in [3.8, 4) is 0 Å². The molecular weight excluding hydrogens is 548 g/mol. The van der Waals surface area contributed by atoms with Crippen LogP contribution in [0.1, 0.15) is 66.2 Å². The monoisotopic (exact) mass is 590 g/mol. The summed E-state index contributed by atoms with van der Waals surface area (Å²) in [6.07, 6.45) is 6.66. The molecule has 0 saturated heterocycles. The molecule has 2 aromatic heterocycles. The number of fused-ring (bicyclic) bond motifs is 1. The fourth-order valence-corrected chi connectivity index (χ4v) is 3.84. The van der Waals surface area contributed by atoms with Gasteiger partial charge in [-0.3, -0.25) is 4.79 Å². The molecule has 2 heterocycles. The predicted molar refractivity (Wildman–Crippen MR) is 153 cm³/mol. The fourth-order valence-electron chi connectivity index (χ4n) is 3.84. The lowest BCUT2D eigenvalue weighted by atomic mass is 10.2. The molecule has 1 aliphatic rings. The van der Waals surface area contributed by atoms with E-state index in [1.807, 2.05) is 13.8 Å². The molecule has 15 heteroatoms. The van der Waals surface area contributed by atoms with Crippen molar-refractivity contribution in [1.82, 2.24) is 29.7 Å². The van der Waals surface area contributed by atoms with Crippen LogP contribution in [0.25, 0.3) is 11.2 Å². The van der Waals surface area contributed by atoms with Gasteiger partial charge >= 0.3 is 18.0 Å². The van der Waals surface area contributed by atoms with Crippen LogP contribution < -0.4 is 16.4 Å². The molecule has 0 radical (unpaired) electrons. The highest BCUT2D eigenvalue weighted by Crippen LogP contribution is 2.27. The van der Waals surface area contributed by atoms with E-state index in [1.165, 1.54) is 13.8 Å². The summed E-state index contributed by atoms with van der Waals surface area (Å²) in [5, 5.41) is 5.73. The van der Waals surface area contributed by atoms with E-state index in [4.69, 9.17) is 19.9 Å². The molecule has 2 aromatic rings. The summed E-state index contributed by atoms with van der Waals surface area (Å²) < 4.78 is 17.7. The molecule has 232 valence electrons. The van der Waals surface area contributed by atoms with Gasteiger partial charge in [0.05, 0.1) is 26.1 Å². The number of imide groups is 1. The summed E-state index contributed by atoms with van der Waals surface area (Å²) in [5.74, 6) is -1.50. The number of nitrogens with two attached hydrogens (primary N) is 1. The first-order valence-corrected chi connectivity index (χ1v) is 14.4. The number of nitrogen functional groups attached to an aromatic ring is 1. The zero-order valence-electron chi connectivity index (χ0n) is 24.8. The minimum atomic E-state index is -1.25. The van der Waals surface area contributed by atoms with Gasteiger partial charge in [0.15, 0.2) is 17.0 Å². The van der Waals surface area contributed by atoms with Crippen molar-refractivity contribution < 1.29 is 33.4 Å². The second kappa shape index (κ2) is 15.8. The maximum absolute atomic E-state index is 13.1. The van der Waals surface area contributed by atoms with Crippen molar-refractivity contribution in [2.45, 2.75) is 90.9 Å². The van der Waals surface area contributed by atoms with Gasteiger partial charge in [0, 0.05) is 12.6 Å². The Labute approximate surface area is 244 Å². The summed E-state index contributed by atoms with van der Waals surface area (Å²) in [7, 11) is 0. The Morgan fingerprint density at radius 2 is 1.71 bits per heavy atom. The first-order valence-electron chi connectivity index (χ1n) is 14.4. The maximum Gasteiger partial charge on any atom is 0.329 e. The zero-order chi connectivity index (χ0) is 30.6. The Hall–Kier alpha value is -4.01. The number of hydrogen-bond acceptors (Lipinski definition) is 12. The number of nitrogens with one attached hydrogen (secondary N) is 2. The molecule has 0 aliphatic heterocycles. The smallest absolute Gasteiger partial charge is 0.329 e. The molecule has 2 atom stereocenters. The standard InChI is InChI=1S/C27H42N8O7/c1-5-7-12-41-24(37)17(3)30-27(39)35(18(4)25(38)42-13-8-6-2)20(36)15-40-14-11-34-16-29-21-22(31-19-9-10-19)32-26(28)33-23(21)34/h16-19H,5-15H2,1-4H3,(H,30,39)(H3,28,31,32,33). The number of rotatable bonds is 17. The van der Waals surface area contributed by atoms with E-state index in [9.17, 15) is 19.2 Å². The predicted octanol–water partition coefficient (Wildman–Crippen LogP) is 2.00. The number of hydrogen-bond donors (Lipinski definition) is 3. The highest BCUT2D eigenvalue weighted by molar-refractivity contribution is 6.00. The van der Waals surface area contributed by atoms with Crippen LogP contribution in [0.2, 0.25) is 0 Å². The molecule has 2 unspecified atom stereocenters. The molecule has 0 bridgehead atoms. The maximum atomic E-state index is 13.1. The summed E-state index contributed by atoms with van der Waals surface area (Å²) in [5.41, 5.74) is 6.99. The SMILES string of the molecule is CCCCOC(=O)C(C)NC(=O)N(C(=O)COCCn1cnc2c(NC3CC3)nc(N)nc21)C(C)C(=O)OCCCC. The third kappa shape index (κ3) is 9.26. The van der Waals surface area contributed by atoms with Gasteiger partial charge in [-0.2, -0.15) is 9.97 Å². The minimum absolute atomic E-state index is 0.0669. The molecule has 1 saturated carbocycles. The molecule has 3 rings (SSSR count). The Bertz CT molecular complexity index is 1230. The van der Waals surface area contributed by atoms with Crippen molar-refractivity contribution in [2.24, 2.45) is 0 Å². The van der Waals surface area contributed by atoms with Gasteiger partial charge in [-0.25, -0.2) is 24.3 Å². The van der Waals surface area contributed by atoms with Crippen LogP contribution in [0.3, 0.4) is 0 Å². The lowest BCUT2D eigenvalue weighted by Crippen LogP contribution is -2.55. The summed E-state index contributed by atoms with van der Waals surface area (Å²) in [6, 6.07) is -2.89. The molecule has 1 fully saturated rings. The number of carbonyl (C=O) groups excluding carboxylic acids is 4. The third-order valence-corrected chi connectivity index (χ3v) is 6.50. The number of amides is 3. The molecular formula is C27H42N8O7. The third-order valence-electron chi connectivity index (χ3n) is 6.50. The number of anilines is 2. The highest BCUT2D eigenvalue weighted by atomic mass is 16.5. The second-order valence-electron chi connectivity index (χ2n) is 10.2. The van der Waals surface area contributed by atoms with Crippen LogP contribution in [0, 0.1) is 0 Å². The summed E-state index contributed by atoms with van der Waals surface area (Å²) in [6.45, 7) is 6.93. The van der Waals surface area contributed by atoms with Crippen molar-refractivity contribution in [1.29, 1.82) is 0 Å². The molecule has 0 aromatic carbocycles. The molecule has 1 aliphatic carbocycles. The fraction of sp³-hybridized carbons (Fsp3) is 0.667. The van der Waals surface area contributed by atoms with Gasteiger partial charge in [0.1, 0.15) is 18.7 Å². The van der Waals surface area contributed by atoms with Crippen LogP contribution in [-0.4, -0.2) is 92.8 Å². The average molecular weight is 591 g/mol. The van der Waals surface area contributed by atoms with Gasteiger partial charge in [-0.05, 0) is 39.5 Å². The number of urea groups is 1. The van der Waals surface area contributed by atoms with Gasteiger partial charge in [-0.1, -0.05) is 26.7 Å². The number of carbonyl (C=O) groups is 4. The molecule has 0 spiro atoms. The van der Waals surface area contributed by atoms with E-state index >= 15 is 0 Å². The molecule has 3 amide bonds. The number of aromatic nitrogens is 4. The molecule has 42 heavy (non-hydrogen) atoms. The van der Waals surface area contributed by atoms with E-state index in [-0.39, 0.29) is 32.3 Å². The first-order chi connectivity index (χ1) is 20.2. The van der Waals surface area contributed by atoms with Gasteiger partial charge < -0.3 is 35.1 Å². The van der Waals surface area contributed by atoms with Crippen molar-refractivity contribution in [3.05, 3.63) is 6.33 Å². The van der Waals surface area contributed by atoms with E-state index in [1.54, 1.807) is 10.9 Å². The lowest BCUT2D eigenvalue weighted by Gasteiger charge is -2.27.